The number of rotatable bonds is 6. The summed E-state index contributed by atoms with van der Waals surface area (Å²) in [5, 5.41) is 5.31. The van der Waals surface area contributed by atoms with Crippen molar-refractivity contribution < 1.29 is 14.3 Å². The summed E-state index contributed by atoms with van der Waals surface area (Å²) in [6.07, 6.45) is 5.35. The first-order valence-electron chi connectivity index (χ1n) is 9.87. The Hall–Kier alpha value is -3.07. The minimum Gasteiger partial charge on any atom is -0.447 e. The summed E-state index contributed by atoms with van der Waals surface area (Å²) < 4.78 is 12.3. The Labute approximate surface area is 169 Å². The number of aryl methyl sites for hydroxylation is 1. The van der Waals surface area contributed by atoms with Crippen molar-refractivity contribution in [1.82, 2.24) is 24.6 Å². The summed E-state index contributed by atoms with van der Waals surface area (Å²) in [5.74, 6) is 0. The molecule has 0 spiro atoms. The molecular weight excluding hydrogens is 372 g/mol. The van der Waals surface area contributed by atoms with E-state index in [1.165, 1.54) is 0 Å². The van der Waals surface area contributed by atoms with Gasteiger partial charge in [0.05, 0.1) is 18.5 Å². The lowest BCUT2D eigenvalue weighted by Crippen LogP contribution is -2.49. The fraction of sp³-hybridized carbons (Fsp3) is 0.450. The number of aromatic amines is 1. The first-order valence-corrected chi connectivity index (χ1v) is 9.87. The fourth-order valence-corrected chi connectivity index (χ4v) is 3.56. The van der Waals surface area contributed by atoms with Gasteiger partial charge in [0.1, 0.15) is 12.3 Å². The molecule has 1 aliphatic rings. The molecule has 0 saturated carbocycles. The second kappa shape index (κ2) is 8.52. The molecule has 1 fully saturated rings. The molecule has 1 N–H and O–H groups in total. The minimum atomic E-state index is -0.273. The van der Waals surface area contributed by atoms with E-state index in [0.717, 1.165) is 41.1 Å². The summed E-state index contributed by atoms with van der Waals surface area (Å²) in [6.45, 7) is 6.00. The molecule has 0 bridgehead atoms. The number of carbonyl (C=O) groups is 1. The van der Waals surface area contributed by atoms with Gasteiger partial charge in [-0.1, -0.05) is 0 Å². The lowest BCUT2D eigenvalue weighted by atomic mass is 10.2. The SMILES string of the molecule is CCOCCOC(=O)N1CCN(c2ccnc3[nH]c(-c4cnn(C)c4)cc23)CC1. The van der Waals surface area contributed by atoms with Crippen molar-refractivity contribution in [3.05, 3.63) is 30.7 Å². The monoisotopic (exact) mass is 398 g/mol. The predicted molar refractivity (Wildman–Crippen MR) is 110 cm³/mol. The summed E-state index contributed by atoms with van der Waals surface area (Å²) in [7, 11) is 1.90. The van der Waals surface area contributed by atoms with Crippen LogP contribution in [0.3, 0.4) is 0 Å². The highest BCUT2D eigenvalue weighted by molar-refractivity contribution is 5.93. The smallest absolute Gasteiger partial charge is 0.409 e. The van der Waals surface area contributed by atoms with E-state index in [0.29, 0.717) is 32.9 Å². The summed E-state index contributed by atoms with van der Waals surface area (Å²) in [4.78, 5) is 24.1. The van der Waals surface area contributed by atoms with Crippen LogP contribution in [0, 0.1) is 0 Å². The topological polar surface area (TPSA) is 88.5 Å². The first-order chi connectivity index (χ1) is 14.2. The molecule has 0 radical (unpaired) electrons. The third-order valence-electron chi connectivity index (χ3n) is 5.06. The van der Waals surface area contributed by atoms with E-state index >= 15 is 0 Å². The van der Waals surface area contributed by atoms with Gasteiger partial charge in [0.25, 0.3) is 0 Å². The van der Waals surface area contributed by atoms with E-state index in [9.17, 15) is 4.79 Å². The number of hydrogen-bond acceptors (Lipinski definition) is 6. The Bertz CT molecular complexity index is 974. The molecule has 0 aliphatic carbocycles. The van der Waals surface area contributed by atoms with Crippen LogP contribution in [0.1, 0.15) is 6.92 Å². The van der Waals surface area contributed by atoms with E-state index in [-0.39, 0.29) is 6.09 Å². The molecule has 29 heavy (non-hydrogen) atoms. The highest BCUT2D eigenvalue weighted by Gasteiger charge is 2.24. The molecule has 9 nitrogen and oxygen atoms in total. The standard InChI is InChI=1S/C20H26N6O3/c1-3-28-10-11-29-20(27)26-8-6-25(7-9-26)18-4-5-21-19-16(18)12-17(23-19)15-13-22-24(2)14-15/h4-5,12-14H,3,6-11H2,1-2H3,(H,21,23). The number of amides is 1. The number of pyridine rings is 1. The number of ether oxygens (including phenoxy) is 2. The zero-order valence-electron chi connectivity index (χ0n) is 16.8. The first kappa shape index (κ1) is 19.3. The molecule has 0 aromatic carbocycles. The molecule has 154 valence electrons. The normalized spacial score (nSPS) is 14.6. The molecule has 0 unspecified atom stereocenters. The molecule has 1 amide bonds. The van der Waals surface area contributed by atoms with Crippen LogP contribution < -0.4 is 4.90 Å². The quantitative estimate of drug-likeness (QED) is 0.641. The van der Waals surface area contributed by atoms with E-state index in [2.05, 4.69) is 26.0 Å². The summed E-state index contributed by atoms with van der Waals surface area (Å²) in [6, 6.07) is 4.14. The lowest BCUT2D eigenvalue weighted by molar-refractivity contribution is 0.0580. The van der Waals surface area contributed by atoms with Gasteiger partial charge in [-0.05, 0) is 19.1 Å². The van der Waals surface area contributed by atoms with Crippen LogP contribution in [0.25, 0.3) is 22.3 Å². The number of H-pyrrole nitrogens is 1. The van der Waals surface area contributed by atoms with Gasteiger partial charge < -0.3 is 24.3 Å². The second-order valence-corrected chi connectivity index (χ2v) is 6.96. The summed E-state index contributed by atoms with van der Waals surface area (Å²) in [5.41, 5.74) is 3.98. The van der Waals surface area contributed by atoms with Gasteiger partial charge in [-0.3, -0.25) is 4.68 Å². The van der Waals surface area contributed by atoms with Crippen molar-refractivity contribution in [3.63, 3.8) is 0 Å². The van der Waals surface area contributed by atoms with Crippen molar-refractivity contribution in [1.29, 1.82) is 0 Å². The van der Waals surface area contributed by atoms with E-state index in [4.69, 9.17) is 9.47 Å². The van der Waals surface area contributed by atoms with Crippen LogP contribution in [0.2, 0.25) is 0 Å². The molecule has 3 aromatic rings. The van der Waals surface area contributed by atoms with Crippen LogP contribution in [-0.4, -0.2) is 76.7 Å². The maximum Gasteiger partial charge on any atom is 0.409 e. The molecule has 9 heteroatoms. The third kappa shape index (κ3) is 4.19. The van der Waals surface area contributed by atoms with Crippen molar-refractivity contribution >= 4 is 22.8 Å². The number of aromatic nitrogens is 4. The molecular formula is C20H26N6O3. The Morgan fingerprint density at radius 1 is 1.24 bits per heavy atom. The number of nitrogens with one attached hydrogen (secondary N) is 1. The molecule has 0 atom stereocenters. The number of piperazine rings is 1. The highest BCUT2D eigenvalue weighted by atomic mass is 16.6. The average Bonchev–Trinajstić information content (AvgIpc) is 3.37. The molecule has 1 saturated heterocycles. The highest BCUT2D eigenvalue weighted by Crippen LogP contribution is 2.30. The van der Waals surface area contributed by atoms with E-state index in [1.807, 2.05) is 38.6 Å². The van der Waals surface area contributed by atoms with E-state index in [1.54, 1.807) is 9.58 Å². The van der Waals surface area contributed by atoms with Gasteiger partial charge in [0.2, 0.25) is 0 Å². The van der Waals surface area contributed by atoms with Gasteiger partial charge in [0.15, 0.2) is 0 Å². The van der Waals surface area contributed by atoms with Crippen molar-refractivity contribution in [2.24, 2.45) is 7.05 Å². The second-order valence-electron chi connectivity index (χ2n) is 6.96. The zero-order chi connectivity index (χ0) is 20.2. The fourth-order valence-electron chi connectivity index (χ4n) is 3.56. The van der Waals surface area contributed by atoms with Crippen LogP contribution in [0.4, 0.5) is 10.5 Å². The van der Waals surface area contributed by atoms with Gasteiger partial charge in [-0.25, -0.2) is 9.78 Å². The minimum absolute atomic E-state index is 0.273. The Kier molecular flexibility index (Phi) is 5.66. The number of hydrogen-bond donors (Lipinski definition) is 1. The number of nitrogens with zero attached hydrogens (tertiary/aromatic N) is 5. The Balaban J connectivity index is 1.43. The largest absolute Gasteiger partial charge is 0.447 e. The number of anilines is 1. The van der Waals surface area contributed by atoms with Gasteiger partial charge in [0, 0.05) is 68.9 Å². The number of carbonyl (C=O) groups excluding carboxylic acids is 1. The molecule has 4 heterocycles. The van der Waals surface area contributed by atoms with Crippen molar-refractivity contribution in [2.75, 3.05) is 50.9 Å². The van der Waals surface area contributed by atoms with Crippen LogP contribution in [0.5, 0.6) is 0 Å². The maximum absolute atomic E-state index is 12.2. The third-order valence-corrected chi connectivity index (χ3v) is 5.06. The van der Waals surface area contributed by atoms with Crippen molar-refractivity contribution in [2.45, 2.75) is 6.92 Å². The van der Waals surface area contributed by atoms with Gasteiger partial charge >= 0.3 is 6.09 Å². The van der Waals surface area contributed by atoms with Crippen molar-refractivity contribution in [3.8, 4) is 11.3 Å². The molecule has 3 aromatic heterocycles. The lowest BCUT2D eigenvalue weighted by Gasteiger charge is -2.35. The Morgan fingerprint density at radius 3 is 2.79 bits per heavy atom. The van der Waals surface area contributed by atoms with Crippen LogP contribution in [-0.2, 0) is 16.5 Å². The number of fused-ring (bicyclic) bond motifs is 1. The van der Waals surface area contributed by atoms with E-state index < -0.39 is 0 Å². The van der Waals surface area contributed by atoms with Crippen LogP contribution >= 0.6 is 0 Å². The van der Waals surface area contributed by atoms with Crippen LogP contribution in [0.15, 0.2) is 30.7 Å². The summed E-state index contributed by atoms with van der Waals surface area (Å²) >= 11 is 0. The van der Waals surface area contributed by atoms with Gasteiger partial charge in [-0.2, -0.15) is 5.10 Å². The van der Waals surface area contributed by atoms with Gasteiger partial charge in [-0.15, -0.1) is 0 Å². The zero-order valence-corrected chi connectivity index (χ0v) is 16.8. The molecule has 4 rings (SSSR count). The average molecular weight is 398 g/mol. The Morgan fingerprint density at radius 2 is 2.07 bits per heavy atom. The maximum atomic E-state index is 12.2. The molecule has 1 aliphatic heterocycles. The predicted octanol–water partition coefficient (Wildman–Crippen LogP) is 2.26.